The van der Waals surface area contributed by atoms with E-state index in [0.717, 1.165) is 154 Å². The predicted molar refractivity (Wildman–Crippen MR) is 279 cm³/mol. The molecule has 1 unspecified atom stereocenters. The van der Waals surface area contributed by atoms with Gasteiger partial charge in [0.25, 0.3) is 0 Å². The van der Waals surface area contributed by atoms with Crippen molar-refractivity contribution in [2.75, 3.05) is 13.2 Å². The molecule has 0 aromatic rings. The minimum Gasteiger partial charge on any atom is -0.462 e. The van der Waals surface area contributed by atoms with Crippen LogP contribution < -0.4 is 0 Å². The number of hydrogen-bond donors (Lipinski definition) is 0. The average Bonchev–Trinajstić information content (AvgIpc) is 3.30. The van der Waals surface area contributed by atoms with Crippen molar-refractivity contribution in [2.45, 2.75) is 232 Å². The maximum Gasteiger partial charge on any atom is 0.306 e. The molecule has 0 N–H and O–H groups in total. The molecule has 65 heavy (non-hydrogen) atoms. The van der Waals surface area contributed by atoms with E-state index in [1.807, 2.05) is 0 Å². The molecule has 0 saturated carbocycles. The molecule has 6 heteroatoms. The van der Waals surface area contributed by atoms with Gasteiger partial charge >= 0.3 is 17.9 Å². The molecule has 0 aliphatic rings. The Hall–Kier alpha value is -3.93. The van der Waals surface area contributed by atoms with Crippen LogP contribution in [0.3, 0.4) is 0 Å². The maximum absolute atomic E-state index is 12.8. The van der Waals surface area contributed by atoms with Crippen LogP contribution >= 0.6 is 0 Å². The van der Waals surface area contributed by atoms with Crippen LogP contribution in [0.15, 0.2) is 109 Å². The lowest BCUT2D eigenvalue weighted by Gasteiger charge is -2.18. The van der Waals surface area contributed by atoms with Crippen molar-refractivity contribution >= 4 is 17.9 Å². The van der Waals surface area contributed by atoms with Crippen molar-refractivity contribution in [1.29, 1.82) is 0 Å². The van der Waals surface area contributed by atoms with E-state index >= 15 is 0 Å². The van der Waals surface area contributed by atoms with Crippen LogP contribution in [0.1, 0.15) is 226 Å². The van der Waals surface area contributed by atoms with Gasteiger partial charge in [0.1, 0.15) is 13.2 Å². The Labute approximate surface area is 400 Å². The Morgan fingerprint density at radius 1 is 0.323 bits per heavy atom. The van der Waals surface area contributed by atoms with Crippen LogP contribution in [0.5, 0.6) is 0 Å². The first-order valence-electron chi connectivity index (χ1n) is 26.4. The van der Waals surface area contributed by atoms with E-state index < -0.39 is 6.10 Å². The predicted octanol–water partition coefficient (Wildman–Crippen LogP) is 17.5. The van der Waals surface area contributed by atoms with Gasteiger partial charge in [-0.1, -0.05) is 194 Å². The van der Waals surface area contributed by atoms with Gasteiger partial charge < -0.3 is 14.2 Å². The number of esters is 3. The Morgan fingerprint density at radius 2 is 0.631 bits per heavy atom. The van der Waals surface area contributed by atoms with Gasteiger partial charge in [0.15, 0.2) is 6.10 Å². The zero-order chi connectivity index (χ0) is 47.2. The van der Waals surface area contributed by atoms with Gasteiger partial charge in [-0.05, 0) is 122 Å². The first-order chi connectivity index (χ1) is 32.0. The summed E-state index contributed by atoms with van der Waals surface area (Å²) in [4.78, 5) is 38.0. The van der Waals surface area contributed by atoms with E-state index in [1.165, 1.54) is 32.1 Å². The van der Waals surface area contributed by atoms with Crippen LogP contribution in [-0.2, 0) is 28.6 Å². The SMILES string of the molecule is CC/C=C\C/C=C\C/C=C\C/C=C\C/C=C\CCCCCC(=O)OCC(COC(=O)CCCCCCC/C=C\C/C=C\CCC)OC(=O)CCCCCCC/C=C\C/C=C\CCCCC. The molecular formula is C59H96O6. The molecule has 0 radical (unpaired) electrons. The van der Waals surface area contributed by atoms with Crippen LogP contribution in [0.2, 0.25) is 0 Å². The number of carbonyl (C=O) groups excluding carboxylic acids is 3. The summed E-state index contributed by atoms with van der Waals surface area (Å²) in [6.45, 7) is 6.37. The number of carbonyl (C=O) groups is 3. The van der Waals surface area contributed by atoms with Crippen molar-refractivity contribution in [1.82, 2.24) is 0 Å². The first-order valence-corrected chi connectivity index (χ1v) is 26.4. The second kappa shape index (κ2) is 52.7. The molecule has 0 aromatic heterocycles. The third-order valence-electron chi connectivity index (χ3n) is 10.7. The minimum atomic E-state index is -0.807. The fraction of sp³-hybridized carbons (Fsp3) is 0.644. The lowest BCUT2D eigenvalue weighted by molar-refractivity contribution is -0.167. The monoisotopic (exact) mass is 901 g/mol. The van der Waals surface area contributed by atoms with E-state index in [9.17, 15) is 14.4 Å². The molecule has 1 atom stereocenters. The highest BCUT2D eigenvalue weighted by molar-refractivity contribution is 5.71. The molecule has 0 aliphatic carbocycles. The number of ether oxygens (including phenoxy) is 3. The van der Waals surface area contributed by atoms with E-state index in [0.29, 0.717) is 19.3 Å². The van der Waals surface area contributed by atoms with Gasteiger partial charge in [0, 0.05) is 19.3 Å². The first kappa shape index (κ1) is 61.1. The van der Waals surface area contributed by atoms with Crippen molar-refractivity contribution in [2.24, 2.45) is 0 Å². The van der Waals surface area contributed by atoms with Crippen molar-refractivity contribution in [3.05, 3.63) is 109 Å². The molecule has 0 aliphatic heterocycles. The molecule has 6 nitrogen and oxygen atoms in total. The summed E-state index contributed by atoms with van der Waals surface area (Å²) in [5.74, 6) is -0.969. The summed E-state index contributed by atoms with van der Waals surface area (Å²) < 4.78 is 16.8. The third-order valence-corrected chi connectivity index (χ3v) is 10.7. The molecule has 0 saturated heterocycles. The summed E-state index contributed by atoms with van der Waals surface area (Å²) in [6, 6.07) is 0. The Morgan fingerprint density at radius 3 is 1.02 bits per heavy atom. The Kier molecular flexibility index (Phi) is 49.5. The quantitative estimate of drug-likeness (QED) is 0.0262. The van der Waals surface area contributed by atoms with Gasteiger partial charge in [-0.25, -0.2) is 0 Å². The number of unbranched alkanes of at least 4 members (excludes halogenated alkanes) is 17. The topological polar surface area (TPSA) is 78.9 Å². The van der Waals surface area contributed by atoms with Gasteiger partial charge in [0.05, 0.1) is 0 Å². The van der Waals surface area contributed by atoms with Crippen LogP contribution in [0.25, 0.3) is 0 Å². The second-order valence-corrected chi connectivity index (χ2v) is 17.0. The highest BCUT2D eigenvalue weighted by atomic mass is 16.6. The largest absolute Gasteiger partial charge is 0.462 e. The molecule has 368 valence electrons. The number of rotatable bonds is 46. The van der Waals surface area contributed by atoms with Crippen molar-refractivity contribution in [3.8, 4) is 0 Å². The van der Waals surface area contributed by atoms with E-state index in [-0.39, 0.29) is 31.1 Å². The average molecular weight is 901 g/mol. The zero-order valence-corrected chi connectivity index (χ0v) is 42.0. The van der Waals surface area contributed by atoms with E-state index in [4.69, 9.17) is 14.2 Å². The lowest BCUT2D eigenvalue weighted by atomic mass is 10.1. The van der Waals surface area contributed by atoms with Crippen LogP contribution in [0, 0.1) is 0 Å². The normalized spacial score (nSPS) is 13.0. The maximum atomic E-state index is 12.8. The Bertz CT molecular complexity index is 1360. The minimum absolute atomic E-state index is 0.104. The fourth-order valence-electron chi connectivity index (χ4n) is 6.77. The van der Waals surface area contributed by atoms with Gasteiger partial charge in [-0.3, -0.25) is 14.4 Å². The van der Waals surface area contributed by atoms with Gasteiger partial charge in [0.2, 0.25) is 0 Å². The molecule has 0 amide bonds. The van der Waals surface area contributed by atoms with Gasteiger partial charge in [-0.2, -0.15) is 0 Å². The molecule has 0 spiro atoms. The molecule has 0 fully saturated rings. The smallest absolute Gasteiger partial charge is 0.306 e. The van der Waals surface area contributed by atoms with E-state index in [1.54, 1.807) is 0 Å². The fourth-order valence-corrected chi connectivity index (χ4v) is 6.77. The summed E-state index contributed by atoms with van der Waals surface area (Å²) in [6.07, 6.45) is 70.7. The lowest BCUT2D eigenvalue weighted by Crippen LogP contribution is -2.30. The highest BCUT2D eigenvalue weighted by Crippen LogP contribution is 2.13. The molecule has 0 heterocycles. The van der Waals surface area contributed by atoms with Crippen molar-refractivity contribution in [3.63, 3.8) is 0 Å². The standard InChI is InChI=1S/C59H96O6/c1-4-7-10-13-16-19-22-25-27-28-29-30-32-34-37-40-43-46-49-52-58(61)64-55-56(54-63-57(60)51-48-45-42-39-36-33-24-21-18-15-12-9-6-3)65-59(62)53-50-47-44-41-38-35-31-26-23-20-17-14-11-8-5-2/h7,10,12,15-17,19-21,24-27,29-31,34,37,56H,4-6,8-9,11,13-14,18,22-23,28,32-33,35-36,38-55H2,1-3H3/b10-7-,15-12-,19-16-,20-17-,24-21-,27-25-,30-29-,31-26-,37-34-. The van der Waals surface area contributed by atoms with Crippen LogP contribution in [0.4, 0.5) is 0 Å². The second-order valence-electron chi connectivity index (χ2n) is 17.0. The number of hydrogen-bond acceptors (Lipinski definition) is 6. The van der Waals surface area contributed by atoms with Gasteiger partial charge in [-0.15, -0.1) is 0 Å². The zero-order valence-electron chi connectivity index (χ0n) is 42.0. The molecular weight excluding hydrogens is 805 g/mol. The summed E-state index contributed by atoms with van der Waals surface area (Å²) in [5.41, 5.74) is 0. The third kappa shape index (κ3) is 50.9. The van der Waals surface area contributed by atoms with Crippen LogP contribution in [-0.4, -0.2) is 37.2 Å². The summed E-state index contributed by atoms with van der Waals surface area (Å²) in [5, 5.41) is 0. The Balaban J connectivity index is 4.50. The summed E-state index contributed by atoms with van der Waals surface area (Å²) in [7, 11) is 0. The molecule has 0 bridgehead atoms. The van der Waals surface area contributed by atoms with Crippen molar-refractivity contribution < 1.29 is 28.6 Å². The van der Waals surface area contributed by atoms with E-state index in [2.05, 4.69) is 130 Å². The number of allylic oxidation sites excluding steroid dienone is 18. The highest BCUT2D eigenvalue weighted by Gasteiger charge is 2.19. The summed E-state index contributed by atoms with van der Waals surface area (Å²) >= 11 is 0. The molecule has 0 rings (SSSR count). The molecule has 0 aromatic carbocycles.